The zero-order chi connectivity index (χ0) is 48.7. The van der Waals surface area contributed by atoms with Crippen molar-refractivity contribution < 1.29 is 73.8 Å². The first-order valence-corrected chi connectivity index (χ1v) is 26.7. The molecule has 0 spiro atoms. The van der Waals surface area contributed by atoms with Gasteiger partial charge in [-0.3, -0.25) is 9.59 Å². The van der Waals surface area contributed by atoms with Crippen molar-refractivity contribution in [3.05, 3.63) is 12.2 Å². The monoisotopic (exact) mass is 959 g/mol. The van der Waals surface area contributed by atoms with Crippen LogP contribution in [-0.2, 0) is 38.0 Å². The van der Waals surface area contributed by atoms with E-state index in [1.165, 1.54) is 103 Å². The normalized spacial score (nSPS) is 29.0. The summed E-state index contributed by atoms with van der Waals surface area (Å²) in [5.74, 6) is 0.881. The van der Waals surface area contributed by atoms with E-state index in [-0.39, 0.29) is 19.4 Å². The minimum absolute atomic E-state index is 0.142. The highest BCUT2D eigenvalue weighted by molar-refractivity contribution is 5.70. The lowest BCUT2D eigenvalue weighted by atomic mass is 9.97. The quantitative estimate of drug-likeness (QED) is 0.0182. The highest BCUT2D eigenvalue weighted by atomic mass is 16.8. The summed E-state index contributed by atoms with van der Waals surface area (Å²) in [6, 6.07) is 0. The molecule has 15 nitrogen and oxygen atoms in total. The molecule has 1 saturated carbocycles. The van der Waals surface area contributed by atoms with Crippen molar-refractivity contribution >= 4 is 11.9 Å². The van der Waals surface area contributed by atoms with E-state index in [1.54, 1.807) is 0 Å². The van der Waals surface area contributed by atoms with Crippen LogP contribution in [-0.4, -0.2) is 142 Å². The Morgan fingerprint density at radius 1 is 0.537 bits per heavy atom. The van der Waals surface area contributed by atoms with Crippen LogP contribution >= 0.6 is 0 Å². The van der Waals surface area contributed by atoms with Gasteiger partial charge in [-0.25, -0.2) is 0 Å². The number of aliphatic hydroxyl groups excluding tert-OH is 7. The van der Waals surface area contributed by atoms with E-state index in [9.17, 15) is 45.3 Å². The molecule has 392 valence electrons. The standard InChI is InChI=1S/C52H94O15/c1-3-5-7-9-11-12-13-14-15-16-17-18-19-23-28-32-44(56)64-40(36-62-43(55)31-27-24-20-22-26-30-39-33-38(39)29-25-21-10-8-6-4-2)37-63-52-50(48(60)46(58)42(35-54)66-52)67-51-49(61)47(59)45(57)41(34-53)65-51/h14-15,38-42,45-54,57-61H,3-13,16-37H2,1-2H3/b15-14-/t38?,39?,40-,41-,42-,45+,46-,47+,48+,49-,50-,51-,52+/m1/s1. The molecule has 3 aliphatic rings. The SMILES string of the molecule is CCCCCCCC/C=C\CCCCCCCC(=O)O[C@H](COC(=O)CCCCCCCC1CC1CCCCCCCC)CO[C@H]1O[C@H](CO)[C@@H](O)[C@H](O)[C@H]1O[C@H]1O[C@H](CO)[C@H](O)[C@H](O)[C@H]1O. The van der Waals surface area contributed by atoms with Gasteiger partial charge in [0.15, 0.2) is 18.7 Å². The van der Waals surface area contributed by atoms with Gasteiger partial charge < -0.3 is 64.2 Å². The molecule has 67 heavy (non-hydrogen) atoms. The third-order valence-corrected chi connectivity index (χ3v) is 13.7. The van der Waals surface area contributed by atoms with E-state index in [2.05, 4.69) is 26.0 Å². The zero-order valence-electron chi connectivity index (χ0n) is 41.4. The van der Waals surface area contributed by atoms with Gasteiger partial charge in [0.2, 0.25) is 0 Å². The van der Waals surface area contributed by atoms with Crippen molar-refractivity contribution in [2.75, 3.05) is 26.4 Å². The molecule has 0 radical (unpaired) electrons. The first-order chi connectivity index (χ1) is 32.5. The van der Waals surface area contributed by atoms with Gasteiger partial charge in [-0.05, 0) is 56.8 Å². The number of ether oxygens (including phenoxy) is 6. The van der Waals surface area contributed by atoms with E-state index < -0.39 is 99.3 Å². The number of hydrogen-bond donors (Lipinski definition) is 7. The maximum atomic E-state index is 13.1. The fourth-order valence-corrected chi connectivity index (χ4v) is 9.24. The van der Waals surface area contributed by atoms with Crippen LogP contribution in [0, 0.1) is 11.8 Å². The smallest absolute Gasteiger partial charge is 0.306 e. The van der Waals surface area contributed by atoms with E-state index in [0.29, 0.717) is 12.8 Å². The number of esters is 2. The van der Waals surface area contributed by atoms with Gasteiger partial charge in [0, 0.05) is 12.8 Å². The fourth-order valence-electron chi connectivity index (χ4n) is 9.24. The average Bonchev–Trinajstić information content (AvgIpc) is 4.08. The molecule has 0 bridgehead atoms. The average molecular weight is 959 g/mol. The number of carbonyl (C=O) groups excluding carboxylic acids is 2. The van der Waals surface area contributed by atoms with Crippen molar-refractivity contribution in [1.29, 1.82) is 0 Å². The van der Waals surface area contributed by atoms with Gasteiger partial charge in [-0.15, -0.1) is 0 Å². The summed E-state index contributed by atoms with van der Waals surface area (Å²) in [4.78, 5) is 26.0. The largest absolute Gasteiger partial charge is 0.462 e. The Bertz CT molecular complexity index is 1290. The van der Waals surface area contributed by atoms with Crippen molar-refractivity contribution in [1.82, 2.24) is 0 Å². The highest BCUT2D eigenvalue weighted by Gasteiger charge is 2.51. The van der Waals surface area contributed by atoms with E-state index >= 15 is 0 Å². The Hall–Kier alpha value is -1.76. The van der Waals surface area contributed by atoms with E-state index in [4.69, 9.17) is 28.4 Å². The van der Waals surface area contributed by atoms with Crippen molar-refractivity contribution in [3.63, 3.8) is 0 Å². The molecule has 13 atom stereocenters. The van der Waals surface area contributed by atoms with Crippen LogP contribution < -0.4 is 0 Å². The number of allylic oxidation sites excluding steroid dienone is 2. The van der Waals surface area contributed by atoms with Crippen molar-refractivity contribution in [3.8, 4) is 0 Å². The topological polar surface area (TPSA) is 231 Å². The maximum absolute atomic E-state index is 13.1. The van der Waals surface area contributed by atoms with Crippen LogP contribution in [0.4, 0.5) is 0 Å². The van der Waals surface area contributed by atoms with Gasteiger partial charge in [0.25, 0.3) is 0 Å². The van der Waals surface area contributed by atoms with E-state index in [1.807, 2.05) is 0 Å². The maximum Gasteiger partial charge on any atom is 0.306 e. The van der Waals surface area contributed by atoms with Gasteiger partial charge in [0.1, 0.15) is 55.4 Å². The van der Waals surface area contributed by atoms with Gasteiger partial charge >= 0.3 is 11.9 Å². The van der Waals surface area contributed by atoms with Gasteiger partial charge in [-0.2, -0.15) is 0 Å². The Morgan fingerprint density at radius 2 is 1.00 bits per heavy atom. The summed E-state index contributed by atoms with van der Waals surface area (Å²) in [5, 5.41) is 72.4. The Balaban J connectivity index is 1.46. The van der Waals surface area contributed by atoms with Crippen molar-refractivity contribution in [2.45, 2.75) is 268 Å². The zero-order valence-corrected chi connectivity index (χ0v) is 41.4. The third-order valence-electron chi connectivity index (χ3n) is 13.7. The molecular formula is C52H94O15. The van der Waals surface area contributed by atoms with Gasteiger partial charge in [0.05, 0.1) is 19.8 Å². The first kappa shape index (κ1) is 59.5. The predicted molar refractivity (Wildman–Crippen MR) is 255 cm³/mol. The molecule has 3 rings (SSSR count). The van der Waals surface area contributed by atoms with Crippen LogP contribution in [0.3, 0.4) is 0 Å². The lowest BCUT2D eigenvalue weighted by molar-refractivity contribution is -0.368. The molecule has 0 amide bonds. The molecule has 15 heteroatoms. The Kier molecular flexibility index (Phi) is 32.2. The van der Waals surface area contributed by atoms with E-state index in [0.717, 1.165) is 69.6 Å². The minimum Gasteiger partial charge on any atom is -0.462 e. The Labute approximate surface area is 402 Å². The van der Waals surface area contributed by atoms with Crippen LogP contribution in [0.5, 0.6) is 0 Å². The Morgan fingerprint density at radius 3 is 1.54 bits per heavy atom. The highest BCUT2D eigenvalue weighted by Crippen LogP contribution is 2.46. The molecule has 7 N–H and O–H groups in total. The fraction of sp³-hybridized carbons (Fsp3) is 0.923. The van der Waals surface area contributed by atoms with Crippen LogP contribution in [0.2, 0.25) is 0 Å². The summed E-state index contributed by atoms with van der Waals surface area (Å²) in [5.41, 5.74) is 0. The molecular weight excluding hydrogens is 865 g/mol. The number of unbranched alkanes of at least 4 members (excludes halogenated alkanes) is 20. The predicted octanol–water partition coefficient (Wildman–Crippen LogP) is 7.24. The summed E-state index contributed by atoms with van der Waals surface area (Å²) in [6.07, 6.45) is 19.3. The lowest BCUT2D eigenvalue weighted by Crippen LogP contribution is -2.64. The molecule has 0 aromatic heterocycles. The summed E-state index contributed by atoms with van der Waals surface area (Å²) in [6.45, 7) is 2.31. The number of aliphatic hydroxyl groups is 7. The molecule has 2 heterocycles. The number of hydrogen-bond acceptors (Lipinski definition) is 15. The molecule has 3 fully saturated rings. The first-order valence-electron chi connectivity index (χ1n) is 26.7. The number of carbonyl (C=O) groups is 2. The second-order valence-electron chi connectivity index (χ2n) is 19.6. The van der Waals surface area contributed by atoms with Crippen molar-refractivity contribution in [2.24, 2.45) is 11.8 Å². The molecule has 2 aliphatic heterocycles. The molecule has 0 aromatic rings. The second kappa shape index (κ2) is 36.2. The van der Waals surface area contributed by atoms with Crippen LogP contribution in [0.15, 0.2) is 12.2 Å². The third kappa shape index (κ3) is 24.3. The summed E-state index contributed by atoms with van der Waals surface area (Å²) >= 11 is 0. The van der Waals surface area contributed by atoms with Crippen LogP contribution in [0.1, 0.15) is 200 Å². The minimum atomic E-state index is -1.84. The summed E-state index contributed by atoms with van der Waals surface area (Å²) < 4.78 is 34.2. The molecule has 2 unspecified atom stereocenters. The lowest BCUT2D eigenvalue weighted by Gasteiger charge is -2.46. The molecule has 1 aliphatic carbocycles. The molecule has 2 saturated heterocycles. The molecule has 0 aromatic carbocycles. The van der Waals surface area contributed by atoms with Crippen LogP contribution in [0.25, 0.3) is 0 Å². The summed E-state index contributed by atoms with van der Waals surface area (Å²) in [7, 11) is 0. The number of rotatable bonds is 40. The van der Waals surface area contributed by atoms with Gasteiger partial charge in [-0.1, -0.05) is 154 Å². The second-order valence-corrected chi connectivity index (χ2v) is 19.6.